The molecule has 0 aliphatic rings. The lowest BCUT2D eigenvalue weighted by Crippen LogP contribution is -2.40. The number of hydrogen-bond acceptors (Lipinski definition) is 3. The Kier molecular flexibility index (Phi) is 6.89. The molecule has 2 N–H and O–H groups in total. The molecule has 0 spiro atoms. The van der Waals surface area contributed by atoms with Gasteiger partial charge in [0.2, 0.25) is 0 Å². The number of furan rings is 1. The van der Waals surface area contributed by atoms with Crippen LogP contribution in [0, 0.1) is 5.92 Å². The number of nitrogens with zero attached hydrogens (tertiary/aromatic N) is 3. The molecule has 2 aromatic heterocycles. The van der Waals surface area contributed by atoms with E-state index in [0.717, 1.165) is 48.1 Å². The van der Waals surface area contributed by atoms with Crippen LogP contribution in [0.15, 0.2) is 64.3 Å². The molecule has 148 valence electrons. The third kappa shape index (κ3) is 5.74. The van der Waals surface area contributed by atoms with Crippen LogP contribution >= 0.6 is 0 Å². The number of hydrogen-bond donors (Lipinski definition) is 2. The van der Waals surface area contributed by atoms with Crippen molar-refractivity contribution in [2.24, 2.45) is 18.0 Å². The third-order valence-corrected chi connectivity index (χ3v) is 4.28. The van der Waals surface area contributed by atoms with E-state index < -0.39 is 0 Å². The first-order chi connectivity index (χ1) is 13.6. The van der Waals surface area contributed by atoms with Crippen molar-refractivity contribution in [2.45, 2.75) is 26.8 Å². The maximum Gasteiger partial charge on any atom is 0.191 e. The number of guanidine groups is 1. The molecule has 28 heavy (non-hydrogen) atoms. The quantitative estimate of drug-likeness (QED) is 0.463. The fraction of sp³-hybridized carbons (Fsp3) is 0.364. The van der Waals surface area contributed by atoms with Crippen molar-refractivity contribution < 1.29 is 4.42 Å². The zero-order valence-corrected chi connectivity index (χ0v) is 16.9. The van der Waals surface area contributed by atoms with Gasteiger partial charge in [0.1, 0.15) is 5.76 Å². The third-order valence-electron chi connectivity index (χ3n) is 4.28. The average molecular weight is 380 g/mol. The smallest absolute Gasteiger partial charge is 0.191 e. The second-order valence-electron chi connectivity index (χ2n) is 7.24. The van der Waals surface area contributed by atoms with Crippen LogP contribution in [0.1, 0.15) is 25.2 Å². The van der Waals surface area contributed by atoms with E-state index >= 15 is 0 Å². The van der Waals surface area contributed by atoms with E-state index in [1.165, 1.54) is 0 Å². The van der Waals surface area contributed by atoms with Gasteiger partial charge in [-0.3, -0.25) is 4.68 Å². The summed E-state index contributed by atoms with van der Waals surface area (Å²) in [6, 6.07) is 14.1. The molecule has 0 radical (unpaired) electrons. The molecule has 2 heterocycles. The maximum absolute atomic E-state index is 5.40. The molecule has 6 nitrogen and oxygen atoms in total. The Labute approximate surface area is 166 Å². The lowest BCUT2D eigenvalue weighted by molar-refractivity contribution is 0.506. The van der Waals surface area contributed by atoms with Crippen molar-refractivity contribution in [1.29, 1.82) is 0 Å². The average Bonchev–Trinajstić information content (AvgIpc) is 3.33. The standard InChI is InChI=1S/C22H29N5O/c1-17(2)14-24-22(23-12-11-20-10-7-13-28-20)25-15-19-16-27(3)26-21(19)18-8-5-4-6-9-18/h4-10,13,16-17H,11-12,14-15H2,1-3H3,(H2,23,24,25). The summed E-state index contributed by atoms with van der Waals surface area (Å²) in [7, 11) is 1.94. The van der Waals surface area contributed by atoms with Gasteiger partial charge in [0, 0.05) is 43.9 Å². The van der Waals surface area contributed by atoms with Crippen LogP contribution in [-0.2, 0) is 20.0 Å². The summed E-state index contributed by atoms with van der Waals surface area (Å²) in [5.74, 6) is 2.31. The summed E-state index contributed by atoms with van der Waals surface area (Å²) < 4.78 is 7.24. The Balaban J connectivity index is 1.69. The van der Waals surface area contributed by atoms with E-state index in [9.17, 15) is 0 Å². The molecule has 3 aromatic rings. The van der Waals surface area contributed by atoms with Gasteiger partial charge in [0.05, 0.1) is 18.5 Å². The summed E-state index contributed by atoms with van der Waals surface area (Å²) in [4.78, 5) is 4.79. The Bertz CT molecular complexity index is 866. The van der Waals surface area contributed by atoms with Crippen LogP contribution in [-0.4, -0.2) is 28.8 Å². The Morgan fingerprint density at radius 1 is 1.14 bits per heavy atom. The van der Waals surface area contributed by atoms with Crippen LogP contribution in [0.5, 0.6) is 0 Å². The summed E-state index contributed by atoms with van der Waals surface area (Å²) in [6.45, 7) is 6.55. The van der Waals surface area contributed by atoms with E-state index in [2.05, 4.69) is 41.7 Å². The molecule has 0 bridgehead atoms. The highest BCUT2D eigenvalue weighted by atomic mass is 16.3. The Morgan fingerprint density at radius 3 is 2.68 bits per heavy atom. The van der Waals surface area contributed by atoms with E-state index in [-0.39, 0.29) is 0 Å². The number of nitrogens with one attached hydrogen (secondary N) is 2. The lowest BCUT2D eigenvalue weighted by atomic mass is 10.1. The minimum atomic E-state index is 0.537. The van der Waals surface area contributed by atoms with E-state index in [1.807, 2.05) is 48.3 Å². The molecule has 0 saturated carbocycles. The van der Waals surface area contributed by atoms with E-state index in [4.69, 9.17) is 9.41 Å². The first kappa shape index (κ1) is 19.7. The van der Waals surface area contributed by atoms with Crippen LogP contribution in [0.3, 0.4) is 0 Å². The Hall–Kier alpha value is -3.02. The number of benzene rings is 1. The molecular formula is C22H29N5O. The van der Waals surface area contributed by atoms with Gasteiger partial charge in [-0.15, -0.1) is 0 Å². The molecule has 0 atom stereocenters. The topological polar surface area (TPSA) is 67.4 Å². The van der Waals surface area contributed by atoms with Gasteiger partial charge in [-0.25, -0.2) is 4.99 Å². The highest BCUT2D eigenvalue weighted by molar-refractivity contribution is 5.80. The zero-order chi connectivity index (χ0) is 19.8. The SMILES string of the molecule is CC(C)CNC(=NCc1cn(C)nc1-c1ccccc1)NCCc1ccco1. The van der Waals surface area contributed by atoms with Crippen molar-refractivity contribution >= 4 is 5.96 Å². The molecular weight excluding hydrogens is 350 g/mol. The molecule has 0 fully saturated rings. The minimum absolute atomic E-state index is 0.537. The Morgan fingerprint density at radius 2 is 1.96 bits per heavy atom. The van der Waals surface area contributed by atoms with Crippen molar-refractivity contribution in [3.63, 3.8) is 0 Å². The minimum Gasteiger partial charge on any atom is -0.469 e. The molecule has 0 saturated heterocycles. The first-order valence-corrected chi connectivity index (χ1v) is 9.74. The van der Waals surface area contributed by atoms with Gasteiger partial charge in [-0.1, -0.05) is 44.2 Å². The number of aryl methyl sites for hydroxylation is 1. The van der Waals surface area contributed by atoms with Crippen molar-refractivity contribution in [2.75, 3.05) is 13.1 Å². The first-order valence-electron chi connectivity index (χ1n) is 9.74. The molecule has 6 heteroatoms. The van der Waals surface area contributed by atoms with Gasteiger partial charge in [0.15, 0.2) is 5.96 Å². The van der Waals surface area contributed by atoms with Crippen LogP contribution in [0.2, 0.25) is 0 Å². The molecule has 0 aliphatic heterocycles. The largest absolute Gasteiger partial charge is 0.469 e. The van der Waals surface area contributed by atoms with Gasteiger partial charge < -0.3 is 15.1 Å². The maximum atomic E-state index is 5.40. The molecule has 0 unspecified atom stereocenters. The molecule has 0 aliphatic carbocycles. The summed E-state index contributed by atoms with van der Waals surface area (Å²) >= 11 is 0. The fourth-order valence-corrected chi connectivity index (χ4v) is 2.89. The van der Waals surface area contributed by atoms with Gasteiger partial charge >= 0.3 is 0 Å². The number of aliphatic imine (C=N–C) groups is 1. The van der Waals surface area contributed by atoms with E-state index in [0.29, 0.717) is 12.5 Å². The van der Waals surface area contributed by atoms with Crippen LogP contribution < -0.4 is 10.6 Å². The highest BCUT2D eigenvalue weighted by Gasteiger charge is 2.10. The van der Waals surface area contributed by atoms with Crippen molar-refractivity contribution in [3.05, 3.63) is 66.2 Å². The summed E-state index contributed by atoms with van der Waals surface area (Å²) in [5.41, 5.74) is 3.19. The van der Waals surface area contributed by atoms with Gasteiger partial charge in [-0.05, 0) is 18.1 Å². The summed E-state index contributed by atoms with van der Waals surface area (Å²) in [6.07, 6.45) is 4.56. The van der Waals surface area contributed by atoms with Gasteiger partial charge in [-0.2, -0.15) is 5.10 Å². The van der Waals surface area contributed by atoms with Crippen molar-refractivity contribution in [1.82, 2.24) is 20.4 Å². The second kappa shape index (κ2) is 9.78. The monoisotopic (exact) mass is 379 g/mol. The molecule has 0 amide bonds. The van der Waals surface area contributed by atoms with Crippen LogP contribution in [0.25, 0.3) is 11.3 Å². The predicted octanol–water partition coefficient (Wildman–Crippen LogP) is 3.61. The summed E-state index contributed by atoms with van der Waals surface area (Å²) in [5, 5.41) is 11.4. The van der Waals surface area contributed by atoms with Crippen molar-refractivity contribution in [3.8, 4) is 11.3 Å². The zero-order valence-electron chi connectivity index (χ0n) is 16.9. The molecule has 1 aromatic carbocycles. The number of aromatic nitrogens is 2. The number of rotatable bonds is 8. The van der Waals surface area contributed by atoms with Gasteiger partial charge in [0.25, 0.3) is 0 Å². The highest BCUT2D eigenvalue weighted by Crippen LogP contribution is 2.22. The normalized spacial score (nSPS) is 11.8. The lowest BCUT2D eigenvalue weighted by Gasteiger charge is -2.14. The fourth-order valence-electron chi connectivity index (χ4n) is 2.89. The van der Waals surface area contributed by atoms with Crippen LogP contribution in [0.4, 0.5) is 0 Å². The molecule has 3 rings (SSSR count). The predicted molar refractivity (Wildman–Crippen MR) is 113 cm³/mol. The van der Waals surface area contributed by atoms with E-state index in [1.54, 1.807) is 6.26 Å². The second-order valence-corrected chi connectivity index (χ2v) is 7.24.